The maximum absolute atomic E-state index is 12.7. The SMILES string of the molecule is CN=Cc1c(NC(=O)CCC2CCCCC2)sc2c1CCN(C(=O)Cn1ccnc1)C2. The molecule has 0 bridgehead atoms. The summed E-state index contributed by atoms with van der Waals surface area (Å²) in [5.74, 6) is 0.867. The molecular weight excluding hydrogens is 410 g/mol. The largest absolute Gasteiger partial charge is 0.336 e. The molecule has 2 amide bonds. The van der Waals surface area contributed by atoms with Crippen molar-refractivity contribution in [1.82, 2.24) is 14.5 Å². The fraction of sp³-hybridized carbons (Fsp3) is 0.565. The number of carbonyl (C=O) groups is 2. The highest BCUT2D eigenvalue weighted by Crippen LogP contribution is 2.36. The Morgan fingerprint density at radius 1 is 1.32 bits per heavy atom. The number of carbonyl (C=O) groups excluding carboxylic acids is 2. The number of aromatic nitrogens is 2. The van der Waals surface area contributed by atoms with Gasteiger partial charge in [-0.2, -0.15) is 0 Å². The highest BCUT2D eigenvalue weighted by atomic mass is 32.1. The minimum atomic E-state index is 0.0841. The van der Waals surface area contributed by atoms with Crippen molar-refractivity contribution in [2.24, 2.45) is 10.9 Å². The molecule has 1 aliphatic carbocycles. The highest BCUT2D eigenvalue weighted by molar-refractivity contribution is 7.16. The molecule has 0 saturated heterocycles. The normalized spacial score (nSPS) is 17.1. The molecule has 0 aromatic carbocycles. The number of imidazole rings is 1. The summed E-state index contributed by atoms with van der Waals surface area (Å²) in [6.45, 7) is 1.56. The third kappa shape index (κ3) is 5.42. The van der Waals surface area contributed by atoms with Crippen LogP contribution in [0.3, 0.4) is 0 Å². The van der Waals surface area contributed by atoms with Crippen LogP contribution in [0.15, 0.2) is 23.7 Å². The van der Waals surface area contributed by atoms with E-state index in [0.717, 1.165) is 28.3 Å². The first-order valence-electron chi connectivity index (χ1n) is 11.2. The summed E-state index contributed by atoms with van der Waals surface area (Å²) < 4.78 is 1.79. The molecular formula is C23H31N5O2S. The molecule has 1 N–H and O–H groups in total. The number of anilines is 1. The molecule has 1 fully saturated rings. The van der Waals surface area contributed by atoms with E-state index < -0.39 is 0 Å². The van der Waals surface area contributed by atoms with Gasteiger partial charge in [-0.15, -0.1) is 11.3 Å². The summed E-state index contributed by atoms with van der Waals surface area (Å²) in [5, 5.41) is 4.01. The van der Waals surface area contributed by atoms with Crippen LogP contribution >= 0.6 is 11.3 Å². The Hall–Kier alpha value is -2.48. The van der Waals surface area contributed by atoms with Crippen molar-refractivity contribution < 1.29 is 9.59 Å². The molecule has 0 spiro atoms. The summed E-state index contributed by atoms with van der Waals surface area (Å²) in [6, 6.07) is 0. The molecule has 1 aliphatic heterocycles. The third-order valence-corrected chi connectivity index (χ3v) is 7.49. The highest BCUT2D eigenvalue weighted by Gasteiger charge is 2.27. The van der Waals surface area contributed by atoms with Gasteiger partial charge >= 0.3 is 0 Å². The predicted octanol–water partition coefficient (Wildman–Crippen LogP) is 3.88. The summed E-state index contributed by atoms with van der Waals surface area (Å²) in [5.41, 5.74) is 2.22. The average molecular weight is 442 g/mol. The fourth-order valence-electron chi connectivity index (χ4n) is 4.64. The van der Waals surface area contributed by atoms with E-state index in [4.69, 9.17) is 0 Å². The zero-order valence-corrected chi connectivity index (χ0v) is 19.0. The van der Waals surface area contributed by atoms with E-state index >= 15 is 0 Å². The Balaban J connectivity index is 1.40. The van der Waals surface area contributed by atoms with E-state index in [2.05, 4.69) is 15.3 Å². The van der Waals surface area contributed by atoms with E-state index in [1.54, 1.807) is 41.7 Å². The van der Waals surface area contributed by atoms with Crippen LogP contribution < -0.4 is 5.32 Å². The van der Waals surface area contributed by atoms with Crippen LogP contribution in [0.5, 0.6) is 0 Å². The monoisotopic (exact) mass is 441 g/mol. The van der Waals surface area contributed by atoms with Crippen LogP contribution in [0.4, 0.5) is 5.00 Å². The average Bonchev–Trinajstić information content (AvgIpc) is 3.41. The molecule has 4 rings (SSSR count). The van der Waals surface area contributed by atoms with Gasteiger partial charge in [-0.3, -0.25) is 14.6 Å². The quantitative estimate of drug-likeness (QED) is 0.662. The number of fused-ring (bicyclic) bond motifs is 1. The topological polar surface area (TPSA) is 79.6 Å². The van der Waals surface area contributed by atoms with E-state index in [0.29, 0.717) is 32.0 Å². The first-order valence-corrected chi connectivity index (χ1v) is 12.1. The molecule has 2 aliphatic rings. The van der Waals surface area contributed by atoms with Crippen molar-refractivity contribution in [3.63, 3.8) is 0 Å². The van der Waals surface area contributed by atoms with E-state index in [-0.39, 0.29) is 11.8 Å². The molecule has 31 heavy (non-hydrogen) atoms. The molecule has 2 aromatic rings. The van der Waals surface area contributed by atoms with Gasteiger partial charge in [-0.05, 0) is 24.3 Å². The number of amides is 2. The lowest BCUT2D eigenvalue weighted by atomic mass is 9.86. The van der Waals surface area contributed by atoms with Gasteiger partial charge in [-0.25, -0.2) is 4.98 Å². The Bertz CT molecular complexity index is 928. The van der Waals surface area contributed by atoms with E-state index in [1.165, 1.54) is 37.7 Å². The minimum absolute atomic E-state index is 0.0841. The van der Waals surface area contributed by atoms with Crippen LogP contribution in [0, 0.1) is 5.92 Å². The van der Waals surface area contributed by atoms with Gasteiger partial charge < -0.3 is 14.8 Å². The Labute approximate surface area is 187 Å². The van der Waals surface area contributed by atoms with Gasteiger partial charge in [0.1, 0.15) is 11.5 Å². The van der Waals surface area contributed by atoms with Crippen molar-refractivity contribution in [1.29, 1.82) is 0 Å². The molecule has 2 aromatic heterocycles. The first-order chi connectivity index (χ1) is 15.1. The van der Waals surface area contributed by atoms with Crippen LogP contribution in [0.1, 0.15) is 60.9 Å². The Morgan fingerprint density at radius 3 is 2.90 bits per heavy atom. The summed E-state index contributed by atoms with van der Waals surface area (Å²) >= 11 is 1.58. The lowest BCUT2D eigenvalue weighted by molar-refractivity contribution is -0.132. The maximum atomic E-state index is 12.7. The molecule has 0 radical (unpaired) electrons. The number of nitrogens with one attached hydrogen (secondary N) is 1. The number of thiophene rings is 1. The second-order valence-electron chi connectivity index (χ2n) is 8.53. The Morgan fingerprint density at radius 2 is 2.16 bits per heavy atom. The van der Waals surface area contributed by atoms with Gasteiger partial charge in [0, 0.05) is 49.1 Å². The van der Waals surface area contributed by atoms with Crippen molar-refractivity contribution >= 4 is 34.4 Å². The minimum Gasteiger partial charge on any atom is -0.336 e. The summed E-state index contributed by atoms with van der Waals surface area (Å²) in [4.78, 5) is 36.6. The van der Waals surface area contributed by atoms with Crippen LogP contribution in [0.2, 0.25) is 0 Å². The number of hydrogen-bond acceptors (Lipinski definition) is 5. The number of aliphatic imine (C=N–C) groups is 1. The van der Waals surface area contributed by atoms with Crippen molar-refractivity contribution in [3.8, 4) is 0 Å². The van der Waals surface area contributed by atoms with E-state index in [9.17, 15) is 9.59 Å². The first kappa shape index (κ1) is 21.7. The molecule has 0 atom stereocenters. The maximum Gasteiger partial charge on any atom is 0.242 e. The van der Waals surface area contributed by atoms with Gasteiger partial charge in [0.2, 0.25) is 11.8 Å². The van der Waals surface area contributed by atoms with Gasteiger partial charge in [0.15, 0.2) is 0 Å². The number of hydrogen-bond donors (Lipinski definition) is 1. The molecule has 8 heteroatoms. The summed E-state index contributed by atoms with van der Waals surface area (Å²) in [7, 11) is 1.75. The lowest BCUT2D eigenvalue weighted by Crippen LogP contribution is -2.37. The van der Waals surface area contributed by atoms with Crippen LogP contribution in [-0.2, 0) is 29.1 Å². The molecule has 1 saturated carbocycles. The zero-order chi connectivity index (χ0) is 21.6. The van der Waals surface area contributed by atoms with Crippen molar-refractivity contribution in [2.45, 2.75) is 64.5 Å². The van der Waals surface area contributed by atoms with Gasteiger partial charge in [0.25, 0.3) is 0 Å². The molecule has 166 valence electrons. The third-order valence-electron chi connectivity index (χ3n) is 6.34. The lowest BCUT2D eigenvalue weighted by Gasteiger charge is -2.27. The molecule has 7 nitrogen and oxygen atoms in total. The molecule has 3 heterocycles. The molecule has 0 unspecified atom stereocenters. The van der Waals surface area contributed by atoms with Crippen LogP contribution in [-0.4, -0.2) is 46.1 Å². The number of nitrogens with zero attached hydrogens (tertiary/aromatic N) is 4. The number of rotatable bonds is 7. The van der Waals surface area contributed by atoms with Gasteiger partial charge in [-0.1, -0.05) is 32.1 Å². The van der Waals surface area contributed by atoms with Crippen LogP contribution in [0.25, 0.3) is 0 Å². The van der Waals surface area contributed by atoms with E-state index in [1.807, 2.05) is 11.1 Å². The van der Waals surface area contributed by atoms with Gasteiger partial charge in [0.05, 0.1) is 12.9 Å². The Kier molecular flexibility index (Phi) is 7.17. The smallest absolute Gasteiger partial charge is 0.242 e. The second-order valence-corrected chi connectivity index (χ2v) is 9.63. The second kappa shape index (κ2) is 10.2. The van der Waals surface area contributed by atoms with Crippen molar-refractivity contribution in [3.05, 3.63) is 34.7 Å². The fourth-order valence-corrected chi connectivity index (χ4v) is 5.89. The van der Waals surface area contributed by atoms with Crippen molar-refractivity contribution in [2.75, 3.05) is 18.9 Å². The standard InChI is InChI=1S/C23H31N5O2S/c1-24-13-19-18-9-11-28(22(30)15-27-12-10-25-16-27)14-20(18)31-23(19)26-21(29)8-7-17-5-3-2-4-6-17/h10,12-13,16-17H,2-9,11,14-15H2,1H3,(H,26,29). The summed E-state index contributed by atoms with van der Waals surface area (Å²) in [6.07, 6.45) is 15.8. The zero-order valence-electron chi connectivity index (χ0n) is 18.2. The predicted molar refractivity (Wildman–Crippen MR) is 124 cm³/mol.